The maximum Gasteiger partial charge on any atom is 0.234 e. The van der Waals surface area contributed by atoms with E-state index < -0.39 is 0 Å². The van der Waals surface area contributed by atoms with Gasteiger partial charge in [-0.05, 0) is 35.9 Å². The smallest absolute Gasteiger partial charge is 0.234 e. The van der Waals surface area contributed by atoms with E-state index in [1.54, 1.807) is 42.5 Å². The minimum atomic E-state index is -0.377. The van der Waals surface area contributed by atoms with Crippen LogP contribution in [0.5, 0.6) is 0 Å². The lowest BCUT2D eigenvalue weighted by molar-refractivity contribution is -0.121. The van der Waals surface area contributed by atoms with E-state index in [1.807, 2.05) is 0 Å². The predicted molar refractivity (Wildman–Crippen MR) is 120 cm³/mol. The molecule has 0 unspecified atom stereocenters. The van der Waals surface area contributed by atoms with Gasteiger partial charge >= 0.3 is 0 Å². The Hall–Kier alpha value is -1.98. The van der Waals surface area contributed by atoms with Crippen LogP contribution >= 0.6 is 50.9 Å². The number of thioether (sulfide) groups is 1. The maximum absolute atomic E-state index is 12.3. The molecule has 0 aliphatic carbocycles. The molecule has 2 aromatic carbocycles. The highest BCUT2D eigenvalue weighted by molar-refractivity contribution is 9.10. The minimum Gasteiger partial charge on any atom is -0.324 e. The van der Waals surface area contributed by atoms with Crippen molar-refractivity contribution in [3.05, 3.63) is 73.1 Å². The van der Waals surface area contributed by atoms with Crippen molar-refractivity contribution >= 4 is 68.4 Å². The van der Waals surface area contributed by atoms with Crippen LogP contribution < -0.4 is 10.6 Å². The maximum atomic E-state index is 12.3. The molecule has 1 heterocycles. The molecule has 2 N–H and O–H groups in total. The average Bonchev–Trinajstić information content (AvgIpc) is 2.68. The summed E-state index contributed by atoms with van der Waals surface area (Å²) in [5.41, 5.74) is 1.73. The molecule has 0 saturated carbocycles. The largest absolute Gasteiger partial charge is 0.324 e. The summed E-state index contributed by atoms with van der Waals surface area (Å²) in [4.78, 5) is 24.5. The summed E-state index contributed by atoms with van der Waals surface area (Å²) in [6.45, 7) is 0. The second-order valence-electron chi connectivity index (χ2n) is 6.17. The summed E-state index contributed by atoms with van der Waals surface area (Å²) < 4.78 is 0.803. The van der Waals surface area contributed by atoms with E-state index in [0.29, 0.717) is 26.3 Å². The van der Waals surface area contributed by atoms with Crippen LogP contribution in [0.15, 0.2) is 57.5 Å². The molecular formula is C20H14BrCl2N3O2S. The molecule has 1 aliphatic rings. The Morgan fingerprint density at radius 3 is 2.66 bits per heavy atom. The number of nitriles is 1. The molecule has 0 aromatic heterocycles. The van der Waals surface area contributed by atoms with Gasteiger partial charge in [0.15, 0.2) is 0 Å². The van der Waals surface area contributed by atoms with Gasteiger partial charge in [-0.1, -0.05) is 63.0 Å². The number of nitrogens with zero attached hydrogens (tertiary/aromatic N) is 1. The number of rotatable bonds is 5. The summed E-state index contributed by atoms with van der Waals surface area (Å²) in [5.74, 6) is -0.868. The van der Waals surface area contributed by atoms with Crippen molar-refractivity contribution in [2.45, 2.75) is 12.3 Å². The van der Waals surface area contributed by atoms with Gasteiger partial charge in [0.2, 0.25) is 11.8 Å². The average molecular weight is 511 g/mol. The third-order valence-electron chi connectivity index (χ3n) is 4.18. The molecule has 1 aliphatic heterocycles. The molecule has 0 spiro atoms. The summed E-state index contributed by atoms with van der Waals surface area (Å²) in [5, 5.41) is 16.5. The first-order valence-corrected chi connectivity index (χ1v) is 11.0. The van der Waals surface area contributed by atoms with E-state index in [2.05, 4.69) is 32.6 Å². The number of benzene rings is 2. The van der Waals surface area contributed by atoms with E-state index >= 15 is 0 Å². The molecule has 2 aromatic rings. The second kappa shape index (κ2) is 9.68. The van der Waals surface area contributed by atoms with Gasteiger partial charge in [-0.15, -0.1) is 0 Å². The van der Waals surface area contributed by atoms with Crippen molar-refractivity contribution in [1.82, 2.24) is 5.32 Å². The van der Waals surface area contributed by atoms with E-state index in [1.165, 1.54) is 0 Å². The molecule has 0 fully saturated rings. The predicted octanol–water partition coefficient (Wildman–Crippen LogP) is 5.47. The number of hydrogen-bond acceptors (Lipinski definition) is 4. The van der Waals surface area contributed by atoms with Crippen molar-refractivity contribution in [1.29, 1.82) is 5.26 Å². The van der Waals surface area contributed by atoms with Gasteiger partial charge in [0.1, 0.15) is 0 Å². The number of hydrogen-bond donors (Lipinski definition) is 2. The molecule has 5 nitrogen and oxygen atoms in total. The number of nitrogens with one attached hydrogen (secondary N) is 2. The second-order valence-corrected chi connectivity index (χ2v) is 8.92. The normalized spacial score (nSPS) is 16.2. The summed E-state index contributed by atoms with van der Waals surface area (Å²) >= 11 is 16.5. The van der Waals surface area contributed by atoms with Crippen LogP contribution in [0.2, 0.25) is 10.0 Å². The lowest BCUT2D eigenvalue weighted by Gasteiger charge is -2.25. The molecule has 1 atom stereocenters. The zero-order chi connectivity index (χ0) is 21.0. The van der Waals surface area contributed by atoms with Crippen LogP contribution in [0.1, 0.15) is 17.9 Å². The highest BCUT2D eigenvalue weighted by atomic mass is 79.9. The minimum absolute atomic E-state index is 0.0144. The Bertz CT molecular complexity index is 1040. The number of carbonyl (C=O) groups excluding carboxylic acids is 2. The monoisotopic (exact) mass is 509 g/mol. The van der Waals surface area contributed by atoms with Crippen molar-refractivity contribution in [3.63, 3.8) is 0 Å². The third kappa shape index (κ3) is 5.55. The number of carbonyl (C=O) groups is 2. The molecule has 0 saturated heterocycles. The standard InChI is InChI=1S/C20H14BrCl2N3O2S/c21-12-3-6-17(16(23)7-12)25-19(28)10-29-20-15(9-24)14(8-18(27)26-20)11-1-4-13(22)5-2-11/h1-7,14H,8,10H2,(H,25,28)(H,26,27)/t14-/m0/s1. The topological polar surface area (TPSA) is 82.0 Å². The van der Waals surface area contributed by atoms with Gasteiger partial charge < -0.3 is 10.6 Å². The quantitative estimate of drug-likeness (QED) is 0.559. The molecule has 0 radical (unpaired) electrons. The molecule has 3 rings (SSSR count). The fourth-order valence-corrected chi connectivity index (χ4v) is 4.55. The van der Waals surface area contributed by atoms with Crippen molar-refractivity contribution in [2.75, 3.05) is 11.1 Å². The van der Waals surface area contributed by atoms with Crippen LogP contribution in [-0.2, 0) is 9.59 Å². The number of halogens is 3. The van der Waals surface area contributed by atoms with Crippen LogP contribution in [-0.4, -0.2) is 17.6 Å². The van der Waals surface area contributed by atoms with E-state index in [9.17, 15) is 14.9 Å². The van der Waals surface area contributed by atoms with Gasteiger partial charge in [-0.2, -0.15) is 5.26 Å². The van der Waals surface area contributed by atoms with E-state index in [4.69, 9.17) is 23.2 Å². The Labute approximate surface area is 190 Å². The van der Waals surface area contributed by atoms with Crippen LogP contribution in [0.25, 0.3) is 0 Å². The van der Waals surface area contributed by atoms with E-state index in [-0.39, 0.29) is 29.9 Å². The summed E-state index contributed by atoms with van der Waals surface area (Å²) in [6.07, 6.45) is 0.162. The Kier molecular flexibility index (Phi) is 7.25. The molecular weight excluding hydrogens is 497 g/mol. The number of amides is 2. The van der Waals surface area contributed by atoms with Crippen LogP contribution in [0.3, 0.4) is 0 Å². The summed E-state index contributed by atoms with van der Waals surface area (Å²) in [6, 6.07) is 14.4. The first-order chi connectivity index (χ1) is 13.9. The van der Waals surface area contributed by atoms with E-state index in [0.717, 1.165) is 21.8 Å². The lowest BCUT2D eigenvalue weighted by atomic mass is 9.87. The first-order valence-electron chi connectivity index (χ1n) is 8.44. The summed E-state index contributed by atoms with van der Waals surface area (Å²) in [7, 11) is 0. The fraction of sp³-hybridized carbons (Fsp3) is 0.150. The Morgan fingerprint density at radius 2 is 2.00 bits per heavy atom. The fourth-order valence-electron chi connectivity index (χ4n) is 2.83. The van der Waals surface area contributed by atoms with Gasteiger partial charge in [-0.25, -0.2) is 0 Å². The Morgan fingerprint density at radius 1 is 1.28 bits per heavy atom. The molecule has 148 valence electrons. The first kappa shape index (κ1) is 21.7. The molecule has 9 heteroatoms. The third-order valence-corrected chi connectivity index (χ3v) is 6.26. The van der Waals surface area contributed by atoms with Crippen LogP contribution in [0.4, 0.5) is 5.69 Å². The van der Waals surface area contributed by atoms with Gasteiger partial charge in [0.05, 0.1) is 33.1 Å². The Balaban J connectivity index is 1.75. The van der Waals surface area contributed by atoms with Crippen LogP contribution in [0, 0.1) is 11.3 Å². The highest BCUT2D eigenvalue weighted by Gasteiger charge is 2.29. The highest BCUT2D eigenvalue weighted by Crippen LogP contribution is 2.36. The zero-order valence-corrected chi connectivity index (χ0v) is 18.8. The molecule has 2 amide bonds. The van der Waals surface area contributed by atoms with Crippen molar-refractivity contribution in [3.8, 4) is 6.07 Å². The number of allylic oxidation sites excluding steroid dienone is 1. The van der Waals surface area contributed by atoms with Crippen molar-refractivity contribution in [2.24, 2.45) is 0 Å². The van der Waals surface area contributed by atoms with Crippen molar-refractivity contribution < 1.29 is 9.59 Å². The number of anilines is 1. The molecule has 0 bridgehead atoms. The zero-order valence-electron chi connectivity index (χ0n) is 14.8. The molecule has 29 heavy (non-hydrogen) atoms. The lowest BCUT2D eigenvalue weighted by Crippen LogP contribution is -2.31. The van der Waals surface area contributed by atoms with Gasteiger partial charge in [-0.3, -0.25) is 9.59 Å². The van der Waals surface area contributed by atoms with Gasteiger partial charge in [0, 0.05) is 21.8 Å². The SMILES string of the molecule is N#CC1=C(SCC(=O)Nc2ccc(Br)cc2Cl)NC(=O)C[C@H]1c1ccc(Cl)cc1. The van der Waals surface area contributed by atoms with Gasteiger partial charge in [0.25, 0.3) is 0 Å².